The topological polar surface area (TPSA) is 82.9 Å². The van der Waals surface area contributed by atoms with Crippen LogP contribution in [-0.2, 0) is 4.79 Å². The third kappa shape index (κ3) is 3.77. The van der Waals surface area contributed by atoms with Crippen LogP contribution in [0.5, 0.6) is 0 Å². The molecule has 0 radical (unpaired) electrons. The average molecular weight is 409 g/mol. The predicted molar refractivity (Wildman–Crippen MR) is 111 cm³/mol. The number of likely N-dealkylation sites (tertiary alicyclic amines) is 1. The van der Waals surface area contributed by atoms with Gasteiger partial charge in [0, 0.05) is 6.54 Å². The quantitative estimate of drug-likeness (QED) is 0.742. The Kier molecular flexibility index (Phi) is 5.72. The molecule has 0 aliphatic carbocycles. The van der Waals surface area contributed by atoms with Gasteiger partial charge in [-0.25, -0.2) is 0 Å². The van der Waals surface area contributed by atoms with Crippen LogP contribution in [0.4, 0.5) is 0 Å². The SMILES string of the molecule is Cc1ccc2c(c1)C(=O)N([C@@H](C)C(=O)NC[C@@H](c1ccco1)N1CCCCC1)C2=O. The largest absolute Gasteiger partial charge is 0.468 e. The van der Waals surface area contributed by atoms with E-state index in [1.807, 2.05) is 19.1 Å². The summed E-state index contributed by atoms with van der Waals surface area (Å²) < 4.78 is 5.62. The van der Waals surface area contributed by atoms with Crippen LogP contribution >= 0.6 is 0 Å². The standard InChI is InChI=1S/C23H27N3O4/c1-15-8-9-17-18(13-15)23(29)26(22(17)28)16(2)21(27)24-14-19(20-7-6-12-30-20)25-10-4-3-5-11-25/h6-9,12-13,16,19H,3-5,10-11,14H2,1-2H3,(H,24,27)/t16-,19-/m0/s1. The highest BCUT2D eigenvalue weighted by Gasteiger charge is 2.41. The molecule has 0 bridgehead atoms. The van der Waals surface area contributed by atoms with Gasteiger partial charge in [-0.15, -0.1) is 0 Å². The van der Waals surface area contributed by atoms with Crippen molar-refractivity contribution >= 4 is 17.7 Å². The minimum absolute atomic E-state index is 0.0683. The third-order valence-electron chi connectivity index (χ3n) is 6.01. The van der Waals surface area contributed by atoms with E-state index in [2.05, 4.69) is 10.2 Å². The smallest absolute Gasteiger partial charge is 0.262 e. The Morgan fingerprint density at radius 1 is 1.10 bits per heavy atom. The summed E-state index contributed by atoms with van der Waals surface area (Å²) in [6.07, 6.45) is 5.09. The van der Waals surface area contributed by atoms with Gasteiger partial charge in [0.05, 0.1) is 23.4 Å². The Labute approximate surface area is 176 Å². The summed E-state index contributed by atoms with van der Waals surface area (Å²) in [6.45, 7) is 5.72. The number of hydrogen-bond acceptors (Lipinski definition) is 5. The molecule has 7 nitrogen and oxygen atoms in total. The molecule has 7 heteroatoms. The maximum Gasteiger partial charge on any atom is 0.262 e. The number of aryl methyl sites for hydroxylation is 1. The maximum absolute atomic E-state index is 12.9. The molecule has 4 rings (SSSR count). The zero-order chi connectivity index (χ0) is 21.3. The fourth-order valence-electron chi connectivity index (χ4n) is 4.31. The first-order valence-electron chi connectivity index (χ1n) is 10.5. The van der Waals surface area contributed by atoms with Gasteiger partial charge in [-0.1, -0.05) is 18.1 Å². The van der Waals surface area contributed by atoms with Gasteiger partial charge in [-0.05, 0) is 64.0 Å². The highest BCUT2D eigenvalue weighted by molar-refractivity contribution is 6.22. The first-order valence-corrected chi connectivity index (χ1v) is 10.5. The van der Waals surface area contributed by atoms with Gasteiger partial charge in [-0.3, -0.25) is 24.2 Å². The molecule has 1 aromatic heterocycles. The van der Waals surface area contributed by atoms with E-state index in [0.29, 0.717) is 17.7 Å². The molecular weight excluding hydrogens is 382 g/mol. The van der Waals surface area contributed by atoms with Crippen molar-refractivity contribution in [2.24, 2.45) is 0 Å². The molecule has 0 unspecified atom stereocenters. The van der Waals surface area contributed by atoms with E-state index >= 15 is 0 Å². The maximum atomic E-state index is 12.9. The Morgan fingerprint density at radius 3 is 2.53 bits per heavy atom. The van der Waals surface area contributed by atoms with Crippen LogP contribution in [0.1, 0.15) is 64.3 Å². The van der Waals surface area contributed by atoms with E-state index in [4.69, 9.17) is 4.42 Å². The number of carbonyl (C=O) groups is 3. The van der Waals surface area contributed by atoms with E-state index in [1.165, 1.54) is 6.42 Å². The highest BCUT2D eigenvalue weighted by atomic mass is 16.3. The van der Waals surface area contributed by atoms with Crippen molar-refractivity contribution in [1.82, 2.24) is 15.1 Å². The number of nitrogens with zero attached hydrogens (tertiary/aromatic N) is 2. The molecule has 0 saturated carbocycles. The predicted octanol–water partition coefficient (Wildman–Crippen LogP) is 2.92. The Balaban J connectivity index is 1.45. The van der Waals surface area contributed by atoms with E-state index < -0.39 is 17.9 Å². The number of furan rings is 1. The van der Waals surface area contributed by atoms with Crippen molar-refractivity contribution in [1.29, 1.82) is 0 Å². The molecule has 2 atom stereocenters. The van der Waals surface area contributed by atoms with Crippen LogP contribution in [-0.4, -0.2) is 53.2 Å². The third-order valence-corrected chi connectivity index (χ3v) is 6.01. The van der Waals surface area contributed by atoms with Gasteiger partial charge in [0.15, 0.2) is 0 Å². The number of benzene rings is 1. The van der Waals surface area contributed by atoms with Crippen molar-refractivity contribution in [2.75, 3.05) is 19.6 Å². The first-order chi connectivity index (χ1) is 14.5. The van der Waals surface area contributed by atoms with E-state index in [9.17, 15) is 14.4 Å². The van der Waals surface area contributed by atoms with Gasteiger partial charge < -0.3 is 9.73 Å². The van der Waals surface area contributed by atoms with Gasteiger partial charge in [0.2, 0.25) is 5.91 Å². The van der Waals surface area contributed by atoms with E-state index in [1.54, 1.807) is 31.4 Å². The van der Waals surface area contributed by atoms with Gasteiger partial charge in [0.25, 0.3) is 11.8 Å². The highest BCUT2D eigenvalue weighted by Crippen LogP contribution is 2.27. The lowest BCUT2D eigenvalue weighted by molar-refractivity contribution is -0.124. The van der Waals surface area contributed by atoms with Crippen LogP contribution in [0.25, 0.3) is 0 Å². The molecule has 2 aliphatic heterocycles. The number of hydrogen-bond donors (Lipinski definition) is 1. The van der Waals surface area contributed by atoms with Crippen LogP contribution in [0, 0.1) is 6.92 Å². The summed E-state index contributed by atoms with van der Waals surface area (Å²) in [5.74, 6) is -0.382. The molecular formula is C23H27N3O4. The van der Waals surface area contributed by atoms with Crippen molar-refractivity contribution < 1.29 is 18.8 Å². The molecule has 30 heavy (non-hydrogen) atoms. The second-order valence-electron chi connectivity index (χ2n) is 8.08. The lowest BCUT2D eigenvalue weighted by Crippen LogP contribution is -2.49. The number of amides is 3. The Morgan fingerprint density at radius 2 is 1.83 bits per heavy atom. The van der Waals surface area contributed by atoms with Crippen LogP contribution in [0.2, 0.25) is 0 Å². The minimum Gasteiger partial charge on any atom is -0.468 e. The van der Waals surface area contributed by atoms with Gasteiger partial charge >= 0.3 is 0 Å². The summed E-state index contributed by atoms with van der Waals surface area (Å²) in [5.41, 5.74) is 1.62. The molecule has 3 heterocycles. The average Bonchev–Trinajstić information content (AvgIpc) is 3.36. The van der Waals surface area contributed by atoms with Crippen LogP contribution in [0.3, 0.4) is 0 Å². The zero-order valence-corrected chi connectivity index (χ0v) is 17.4. The fourth-order valence-corrected chi connectivity index (χ4v) is 4.31. The zero-order valence-electron chi connectivity index (χ0n) is 17.4. The first kappa shape index (κ1) is 20.3. The molecule has 158 valence electrons. The summed E-state index contributed by atoms with van der Waals surface area (Å²) >= 11 is 0. The summed E-state index contributed by atoms with van der Waals surface area (Å²) in [4.78, 5) is 41.8. The molecule has 1 saturated heterocycles. The van der Waals surface area contributed by atoms with Crippen molar-refractivity contribution in [3.8, 4) is 0 Å². The van der Waals surface area contributed by atoms with Crippen molar-refractivity contribution in [3.63, 3.8) is 0 Å². The monoisotopic (exact) mass is 409 g/mol. The minimum atomic E-state index is -0.892. The molecule has 1 N–H and O–H groups in total. The second-order valence-corrected chi connectivity index (χ2v) is 8.08. The molecule has 1 fully saturated rings. The van der Waals surface area contributed by atoms with Crippen molar-refractivity contribution in [2.45, 2.75) is 45.2 Å². The fraction of sp³-hybridized carbons (Fsp3) is 0.435. The normalized spacial score (nSPS) is 18.9. The lowest BCUT2D eigenvalue weighted by atomic mass is 10.1. The number of rotatable bonds is 6. The van der Waals surface area contributed by atoms with Gasteiger partial charge in [-0.2, -0.15) is 0 Å². The summed E-state index contributed by atoms with van der Waals surface area (Å²) in [6, 6.07) is 7.95. The van der Waals surface area contributed by atoms with E-state index in [-0.39, 0.29) is 11.9 Å². The Bertz CT molecular complexity index is 947. The molecule has 1 aromatic carbocycles. The molecule has 2 aliphatic rings. The number of fused-ring (bicyclic) bond motifs is 1. The van der Waals surface area contributed by atoms with Crippen LogP contribution < -0.4 is 5.32 Å². The van der Waals surface area contributed by atoms with Crippen LogP contribution in [0.15, 0.2) is 41.0 Å². The number of piperidine rings is 1. The number of nitrogens with one attached hydrogen (secondary N) is 1. The summed E-state index contributed by atoms with van der Waals surface area (Å²) in [7, 11) is 0. The Hall–Kier alpha value is -2.93. The van der Waals surface area contributed by atoms with E-state index in [0.717, 1.165) is 42.2 Å². The number of carbonyl (C=O) groups excluding carboxylic acids is 3. The van der Waals surface area contributed by atoms with Crippen molar-refractivity contribution in [3.05, 3.63) is 59.0 Å². The second kappa shape index (κ2) is 8.44. The summed E-state index contributed by atoms with van der Waals surface area (Å²) in [5, 5.41) is 2.94. The lowest BCUT2D eigenvalue weighted by Gasteiger charge is -2.34. The number of imide groups is 1. The molecule has 3 amide bonds. The molecule has 0 spiro atoms. The molecule has 2 aromatic rings. The van der Waals surface area contributed by atoms with Gasteiger partial charge in [0.1, 0.15) is 11.8 Å².